The van der Waals surface area contributed by atoms with Crippen molar-refractivity contribution in [2.45, 2.75) is 31.4 Å². The van der Waals surface area contributed by atoms with E-state index in [1.54, 1.807) is 18.7 Å². The number of thioether (sulfide) groups is 1. The summed E-state index contributed by atoms with van der Waals surface area (Å²) in [5.41, 5.74) is 0.0580. The summed E-state index contributed by atoms with van der Waals surface area (Å²) in [6, 6.07) is -0.383. The molecule has 1 aromatic heterocycles. The van der Waals surface area contributed by atoms with Crippen LogP contribution in [-0.2, 0) is 0 Å². The molecule has 1 unspecified atom stereocenters. The quantitative estimate of drug-likeness (QED) is 0.907. The number of carbonyl (C=O) groups excluding carboxylic acids is 2. The summed E-state index contributed by atoms with van der Waals surface area (Å²) in [6.45, 7) is 0.998. The van der Waals surface area contributed by atoms with E-state index in [-0.39, 0.29) is 29.1 Å². The van der Waals surface area contributed by atoms with Crippen molar-refractivity contribution in [2.24, 2.45) is 0 Å². The van der Waals surface area contributed by atoms with Crippen LogP contribution in [0.4, 0.5) is 8.78 Å². The highest BCUT2D eigenvalue weighted by atomic mass is 32.2. The number of rotatable bonds is 3. The van der Waals surface area contributed by atoms with Gasteiger partial charge in [0.1, 0.15) is 5.69 Å². The number of aromatic nitrogens is 1. The first-order chi connectivity index (χ1) is 10.4. The first-order valence-corrected chi connectivity index (χ1v) is 8.92. The molecule has 1 atom stereocenters. The average molecular weight is 347 g/mol. The van der Waals surface area contributed by atoms with Gasteiger partial charge in [0.05, 0.1) is 6.54 Å². The minimum Gasteiger partial charge on any atom is -0.346 e. The number of likely N-dealkylation sites (tertiary alicyclic amines) is 1. The zero-order valence-corrected chi connectivity index (χ0v) is 13.5. The van der Waals surface area contributed by atoms with Gasteiger partial charge in [-0.3, -0.25) is 9.59 Å². The molecule has 9 heteroatoms. The number of nitrogens with one attached hydrogen (secondary N) is 1. The van der Waals surface area contributed by atoms with Crippen LogP contribution in [0.2, 0.25) is 0 Å². The molecule has 0 bridgehead atoms. The van der Waals surface area contributed by atoms with Crippen molar-refractivity contribution in [3.05, 3.63) is 16.1 Å². The molecule has 3 rings (SSSR count). The van der Waals surface area contributed by atoms with Crippen LogP contribution < -0.4 is 5.32 Å². The Labute approximate surface area is 134 Å². The van der Waals surface area contributed by atoms with Gasteiger partial charge in [-0.25, -0.2) is 13.8 Å². The number of hydrogen-bond donors (Lipinski definition) is 1. The third kappa shape index (κ3) is 3.10. The van der Waals surface area contributed by atoms with E-state index in [9.17, 15) is 18.4 Å². The van der Waals surface area contributed by atoms with Crippen LogP contribution in [0.15, 0.2) is 5.38 Å². The third-order valence-corrected chi connectivity index (χ3v) is 5.80. The average Bonchev–Trinajstić information content (AvgIpc) is 2.97. The lowest BCUT2D eigenvalue weighted by molar-refractivity contribution is 0.0117. The molecule has 3 heterocycles. The van der Waals surface area contributed by atoms with Gasteiger partial charge in [-0.2, -0.15) is 11.8 Å². The van der Waals surface area contributed by atoms with Crippen molar-refractivity contribution >= 4 is 34.9 Å². The smallest absolute Gasteiger partial charge is 0.280 e. The van der Waals surface area contributed by atoms with Crippen LogP contribution >= 0.6 is 23.1 Å². The van der Waals surface area contributed by atoms with Crippen molar-refractivity contribution in [3.8, 4) is 0 Å². The Hall–Kier alpha value is -1.22. The fourth-order valence-corrected chi connectivity index (χ4v) is 3.81. The highest BCUT2D eigenvalue weighted by molar-refractivity contribution is 8.00. The van der Waals surface area contributed by atoms with Gasteiger partial charge in [-0.1, -0.05) is 0 Å². The maximum Gasteiger partial charge on any atom is 0.280 e. The summed E-state index contributed by atoms with van der Waals surface area (Å²) in [5.74, 6) is -1.95. The second-order valence-electron chi connectivity index (χ2n) is 5.59. The minimum atomic E-state index is -2.85. The van der Waals surface area contributed by atoms with E-state index in [1.807, 2.05) is 0 Å². The van der Waals surface area contributed by atoms with Gasteiger partial charge >= 0.3 is 0 Å². The Kier molecular flexibility index (Phi) is 4.11. The van der Waals surface area contributed by atoms with Gasteiger partial charge in [-0.15, -0.1) is 11.3 Å². The van der Waals surface area contributed by atoms with Crippen molar-refractivity contribution < 1.29 is 18.4 Å². The highest BCUT2D eigenvalue weighted by Gasteiger charge is 2.45. The summed E-state index contributed by atoms with van der Waals surface area (Å²) < 4.78 is 26.7. The van der Waals surface area contributed by atoms with Gasteiger partial charge in [0.15, 0.2) is 5.01 Å². The van der Waals surface area contributed by atoms with Crippen molar-refractivity contribution in [1.29, 1.82) is 0 Å². The van der Waals surface area contributed by atoms with Gasteiger partial charge in [-0.05, 0) is 6.92 Å². The zero-order chi connectivity index (χ0) is 15.9. The molecule has 1 aromatic rings. The fourth-order valence-electron chi connectivity index (χ4n) is 2.47. The van der Waals surface area contributed by atoms with E-state index in [2.05, 4.69) is 10.3 Å². The number of carbonyl (C=O) groups is 2. The molecule has 2 aliphatic heterocycles. The molecule has 1 N–H and O–H groups in total. The summed E-state index contributed by atoms with van der Waals surface area (Å²) in [4.78, 5) is 29.4. The number of thiazole rings is 1. The molecule has 0 spiro atoms. The van der Waals surface area contributed by atoms with Gasteiger partial charge in [0, 0.05) is 35.4 Å². The van der Waals surface area contributed by atoms with Crippen LogP contribution in [0.1, 0.15) is 33.6 Å². The topological polar surface area (TPSA) is 62.3 Å². The van der Waals surface area contributed by atoms with E-state index >= 15 is 0 Å². The lowest BCUT2D eigenvalue weighted by Crippen LogP contribution is -2.43. The second-order valence-corrected chi connectivity index (χ2v) is 7.52. The van der Waals surface area contributed by atoms with Crippen LogP contribution in [-0.4, -0.2) is 57.8 Å². The van der Waals surface area contributed by atoms with Gasteiger partial charge < -0.3 is 10.2 Å². The maximum atomic E-state index is 13.4. The summed E-state index contributed by atoms with van der Waals surface area (Å²) in [7, 11) is 0. The van der Waals surface area contributed by atoms with Crippen molar-refractivity contribution in [1.82, 2.24) is 15.2 Å². The normalized spacial score (nSPS) is 24.1. The van der Waals surface area contributed by atoms with Crippen LogP contribution in [0.5, 0.6) is 0 Å². The van der Waals surface area contributed by atoms with E-state index < -0.39 is 24.4 Å². The minimum absolute atomic E-state index is 0.0580. The molecule has 120 valence electrons. The molecule has 2 saturated heterocycles. The number of alkyl halides is 2. The number of amides is 2. The lowest BCUT2D eigenvalue weighted by atomic mass is 10.2. The number of nitrogens with zero attached hydrogens (tertiary/aromatic N) is 2. The number of hydrogen-bond acceptors (Lipinski definition) is 5. The molecule has 0 aromatic carbocycles. The second kappa shape index (κ2) is 5.77. The van der Waals surface area contributed by atoms with E-state index in [0.29, 0.717) is 0 Å². The molecular weight excluding hydrogens is 332 g/mol. The lowest BCUT2D eigenvalue weighted by Gasteiger charge is -2.25. The standard InChI is InChI=1S/C13H15F2N3O2S2/c1-7-2-13(14,15)6-18(7)12(20)9-5-22-11(17-9)10(19)16-8-3-21-4-8/h5,7-8H,2-4,6H2,1H3,(H,16,19). The van der Waals surface area contributed by atoms with Crippen molar-refractivity contribution in [2.75, 3.05) is 18.1 Å². The van der Waals surface area contributed by atoms with Crippen LogP contribution in [0.25, 0.3) is 0 Å². The van der Waals surface area contributed by atoms with E-state index in [0.717, 1.165) is 27.7 Å². The molecule has 0 aliphatic carbocycles. The third-order valence-electron chi connectivity index (χ3n) is 3.68. The molecule has 2 aliphatic rings. The molecule has 2 fully saturated rings. The van der Waals surface area contributed by atoms with Gasteiger partial charge in [0.2, 0.25) is 0 Å². The Morgan fingerprint density at radius 1 is 1.45 bits per heavy atom. The Morgan fingerprint density at radius 3 is 2.73 bits per heavy atom. The zero-order valence-electron chi connectivity index (χ0n) is 11.8. The largest absolute Gasteiger partial charge is 0.346 e. The maximum absolute atomic E-state index is 13.4. The highest BCUT2D eigenvalue weighted by Crippen LogP contribution is 2.32. The summed E-state index contributed by atoms with van der Waals surface area (Å²) in [5, 5.41) is 4.47. The Morgan fingerprint density at radius 2 is 2.18 bits per heavy atom. The monoisotopic (exact) mass is 347 g/mol. The van der Waals surface area contributed by atoms with Crippen LogP contribution in [0.3, 0.4) is 0 Å². The van der Waals surface area contributed by atoms with Gasteiger partial charge in [0.25, 0.3) is 17.7 Å². The van der Waals surface area contributed by atoms with Crippen molar-refractivity contribution in [3.63, 3.8) is 0 Å². The SMILES string of the molecule is CC1CC(F)(F)CN1C(=O)c1csc(C(=O)NC2CSC2)n1. The molecule has 22 heavy (non-hydrogen) atoms. The molecule has 5 nitrogen and oxygen atoms in total. The summed E-state index contributed by atoms with van der Waals surface area (Å²) in [6.07, 6.45) is -0.338. The van der Waals surface area contributed by atoms with Crippen LogP contribution in [0, 0.1) is 0 Å². The molecule has 0 radical (unpaired) electrons. The predicted molar refractivity (Wildman–Crippen MR) is 80.8 cm³/mol. The Balaban J connectivity index is 1.67. The fraction of sp³-hybridized carbons (Fsp3) is 0.615. The predicted octanol–water partition coefficient (Wildman–Crippen LogP) is 1.86. The molecule has 2 amide bonds. The Bertz CT molecular complexity index is 604. The molecule has 0 saturated carbocycles. The van der Waals surface area contributed by atoms with E-state index in [1.165, 1.54) is 5.38 Å². The summed E-state index contributed by atoms with van der Waals surface area (Å²) >= 11 is 2.80. The first-order valence-electron chi connectivity index (χ1n) is 6.89. The first kappa shape index (κ1) is 15.7. The van der Waals surface area contributed by atoms with E-state index in [4.69, 9.17) is 0 Å². The number of halogens is 2. The molecular formula is C13H15F2N3O2S2.